The third-order valence-corrected chi connectivity index (χ3v) is 3.51. The van der Waals surface area contributed by atoms with E-state index in [-0.39, 0.29) is 17.6 Å². The van der Waals surface area contributed by atoms with Crippen LogP contribution >= 0.6 is 0 Å². The first kappa shape index (κ1) is 19.3. The zero-order valence-electron chi connectivity index (χ0n) is 12.1. The quantitative estimate of drug-likeness (QED) is 0.379. The topological polar surface area (TPSA) is 135 Å². The highest BCUT2D eigenvalue weighted by Crippen LogP contribution is 2.33. The Morgan fingerprint density at radius 1 is 1.00 bits per heavy atom. The van der Waals surface area contributed by atoms with E-state index in [9.17, 15) is 24.9 Å². The van der Waals surface area contributed by atoms with Gasteiger partial charge in [0.15, 0.2) is 0 Å². The highest BCUT2D eigenvalue weighted by molar-refractivity contribution is 5.86. The van der Waals surface area contributed by atoms with Gasteiger partial charge in [-0.25, -0.2) is 9.59 Å². The molecule has 0 heterocycles. The van der Waals surface area contributed by atoms with E-state index >= 15 is 0 Å². The van der Waals surface area contributed by atoms with Gasteiger partial charge in [-0.2, -0.15) is 0 Å². The van der Waals surface area contributed by atoms with Crippen molar-refractivity contribution in [3.8, 4) is 0 Å². The number of carboxylic acid groups (broad SMARTS) is 2. The zero-order chi connectivity index (χ0) is 16.6. The molecular weight excluding hydrogens is 280 g/mol. The van der Waals surface area contributed by atoms with Crippen molar-refractivity contribution in [3.63, 3.8) is 0 Å². The fourth-order valence-corrected chi connectivity index (χ4v) is 1.91. The van der Waals surface area contributed by atoms with Crippen molar-refractivity contribution >= 4 is 11.9 Å². The molecule has 1 atom stereocenters. The third kappa shape index (κ3) is 5.30. The van der Waals surface area contributed by atoms with Crippen molar-refractivity contribution in [3.05, 3.63) is 23.3 Å². The number of aliphatic hydroxyl groups is 3. The van der Waals surface area contributed by atoms with Gasteiger partial charge in [-0.1, -0.05) is 12.2 Å². The van der Waals surface area contributed by atoms with Gasteiger partial charge < -0.3 is 25.5 Å². The van der Waals surface area contributed by atoms with Crippen LogP contribution in [0, 0.1) is 11.3 Å². The molecule has 0 saturated heterocycles. The van der Waals surface area contributed by atoms with Gasteiger partial charge in [-0.05, 0) is 26.2 Å². The minimum Gasteiger partial charge on any atom is -0.478 e. The van der Waals surface area contributed by atoms with Crippen LogP contribution in [0.3, 0.4) is 0 Å². The second-order valence-electron chi connectivity index (χ2n) is 4.99. The summed E-state index contributed by atoms with van der Waals surface area (Å²) in [5.41, 5.74) is -1.35. The lowest BCUT2D eigenvalue weighted by molar-refractivity contribution is -0.133. The van der Waals surface area contributed by atoms with Crippen molar-refractivity contribution in [2.45, 2.75) is 20.3 Å². The second-order valence-corrected chi connectivity index (χ2v) is 4.99. The van der Waals surface area contributed by atoms with Crippen molar-refractivity contribution in [1.29, 1.82) is 0 Å². The molecule has 1 unspecified atom stereocenters. The van der Waals surface area contributed by atoms with Gasteiger partial charge in [0.05, 0.1) is 13.2 Å². The Bertz CT molecular complexity index is 433. The average Bonchev–Trinajstić information content (AvgIpc) is 2.45. The van der Waals surface area contributed by atoms with Crippen LogP contribution in [0.1, 0.15) is 20.3 Å². The van der Waals surface area contributed by atoms with Gasteiger partial charge in [0.1, 0.15) is 0 Å². The third-order valence-electron chi connectivity index (χ3n) is 3.51. The van der Waals surface area contributed by atoms with E-state index in [1.54, 1.807) is 0 Å². The number of hydrogen-bond donors (Lipinski definition) is 5. The lowest BCUT2D eigenvalue weighted by atomic mass is 9.73. The predicted molar refractivity (Wildman–Crippen MR) is 74.6 cm³/mol. The zero-order valence-corrected chi connectivity index (χ0v) is 12.1. The molecular formula is C14H22O7. The Kier molecular flexibility index (Phi) is 7.86. The molecule has 5 N–H and O–H groups in total. The SMILES string of the molecule is CC(=CCC(CO)C(C=C(C)C(=O)O)(CO)CO)C(=O)O. The number of aliphatic carboxylic acids is 2. The number of carbonyl (C=O) groups is 2. The van der Waals surface area contributed by atoms with Crippen molar-refractivity contribution in [2.24, 2.45) is 11.3 Å². The summed E-state index contributed by atoms with van der Waals surface area (Å²) in [6.07, 6.45) is 2.66. The Morgan fingerprint density at radius 2 is 1.48 bits per heavy atom. The van der Waals surface area contributed by atoms with Crippen LogP contribution in [0.15, 0.2) is 23.3 Å². The van der Waals surface area contributed by atoms with Gasteiger partial charge in [0.2, 0.25) is 0 Å². The molecule has 0 aliphatic heterocycles. The van der Waals surface area contributed by atoms with Crippen LogP contribution in [0.25, 0.3) is 0 Å². The van der Waals surface area contributed by atoms with E-state index in [4.69, 9.17) is 10.2 Å². The Morgan fingerprint density at radius 3 is 1.81 bits per heavy atom. The summed E-state index contributed by atoms with van der Waals surface area (Å²) < 4.78 is 0. The fourth-order valence-electron chi connectivity index (χ4n) is 1.91. The highest BCUT2D eigenvalue weighted by atomic mass is 16.4. The standard InChI is InChI=1S/C14H22O7/c1-9(12(18)19)3-4-11(6-15)14(7-16,8-17)5-10(2)13(20)21/h3,5,11,15-17H,4,6-8H2,1-2H3,(H,18,19)(H,20,21). The van der Waals surface area contributed by atoms with Gasteiger partial charge in [0, 0.05) is 23.2 Å². The normalized spacial score (nSPS) is 14.9. The molecule has 0 radical (unpaired) electrons. The van der Waals surface area contributed by atoms with E-state index in [2.05, 4.69) is 0 Å². The Balaban J connectivity index is 5.49. The van der Waals surface area contributed by atoms with Gasteiger partial charge >= 0.3 is 11.9 Å². The Labute approximate surface area is 122 Å². The summed E-state index contributed by atoms with van der Waals surface area (Å²) in [5, 5.41) is 46.2. The second kappa shape index (κ2) is 8.56. The summed E-state index contributed by atoms with van der Waals surface area (Å²) in [4.78, 5) is 21.6. The number of aliphatic hydroxyl groups excluding tert-OH is 3. The first-order chi connectivity index (χ1) is 9.73. The molecule has 0 aromatic heterocycles. The van der Waals surface area contributed by atoms with Crippen LogP contribution < -0.4 is 0 Å². The molecule has 0 fully saturated rings. The average molecular weight is 302 g/mol. The maximum Gasteiger partial charge on any atom is 0.330 e. The van der Waals surface area contributed by atoms with Crippen LogP contribution in [0.5, 0.6) is 0 Å². The van der Waals surface area contributed by atoms with Gasteiger partial charge in [-0.15, -0.1) is 0 Å². The molecule has 0 saturated carbocycles. The fraction of sp³-hybridized carbons (Fsp3) is 0.571. The lowest BCUT2D eigenvalue weighted by Crippen LogP contribution is -2.39. The molecule has 120 valence electrons. The molecule has 0 spiro atoms. The van der Waals surface area contributed by atoms with Crippen molar-refractivity contribution in [2.75, 3.05) is 19.8 Å². The number of hydrogen-bond acceptors (Lipinski definition) is 5. The summed E-state index contributed by atoms with van der Waals surface area (Å²) in [7, 11) is 0. The monoisotopic (exact) mass is 302 g/mol. The summed E-state index contributed by atoms with van der Waals surface area (Å²) in [6.45, 7) is 1.12. The molecule has 0 aromatic rings. The lowest BCUT2D eigenvalue weighted by Gasteiger charge is -2.34. The number of allylic oxidation sites excluding steroid dienone is 1. The molecule has 0 aromatic carbocycles. The van der Waals surface area contributed by atoms with E-state index < -0.39 is 43.1 Å². The van der Waals surface area contributed by atoms with Gasteiger partial charge in [-0.3, -0.25) is 0 Å². The van der Waals surface area contributed by atoms with Crippen LogP contribution in [0.2, 0.25) is 0 Å². The molecule has 21 heavy (non-hydrogen) atoms. The first-order valence-electron chi connectivity index (χ1n) is 6.39. The van der Waals surface area contributed by atoms with Crippen LogP contribution in [-0.4, -0.2) is 57.3 Å². The van der Waals surface area contributed by atoms with E-state index in [1.807, 2.05) is 0 Å². The molecule has 0 aliphatic carbocycles. The maximum absolute atomic E-state index is 10.9. The molecule has 0 amide bonds. The minimum atomic E-state index is -1.34. The maximum atomic E-state index is 10.9. The molecule has 0 rings (SSSR count). The summed E-state index contributed by atoms with van der Waals surface area (Å²) in [6, 6.07) is 0. The van der Waals surface area contributed by atoms with E-state index in [1.165, 1.54) is 26.0 Å². The summed E-state index contributed by atoms with van der Waals surface area (Å²) >= 11 is 0. The van der Waals surface area contributed by atoms with Gasteiger partial charge in [0.25, 0.3) is 0 Å². The minimum absolute atomic E-state index is 0.0668. The highest BCUT2D eigenvalue weighted by Gasteiger charge is 2.36. The Hall–Kier alpha value is -1.70. The molecule has 0 aliphatic rings. The first-order valence-corrected chi connectivity index (χ1v) is 6.39. The smallest absolute Gasteiger partial charge is 0.330 e. The van der Waals surface area contributed by atoms with Crippen molar-refractivity contribution < 1.29 is 35.1 Å². The van der Waals surface area contributed by atoms with Crippen molar-refractivity contribution in [1.82, 2.24) is 0 Å². The predicted octanol–water partition coefficient (Wildman–Crippen LogP) is 0.0178. The van der Waals surface area contributed by atoms with E-state index in [0.717, 1.165) is 0 Å². The number of rotatable bonds is 9. The van der Waals surface area contributed by atoms with Crippen LogP contribution in [0.4, 0.5) is 0 Å². The molecule has 0 bridgehead atoms. The van der Waals surface area contributed by atoms with Crippen LogP contribution in [-0.2, 0) is 9.59 Å². The summed E-state index contributed by atoms with van der Waals surface area (Å²) in [5.74, 6) is -3.02. The largest absolute Gasteiger partial charge is 0.478 e. The van der Waals surface area contributed by atoms with E-state index in [0.29, 0.717) is 0 Å². The molecule has 7 nitrogen and oxygen atoms in total. The number of carboxylic acids is 2. The molecule has 7 heteroatoms.